The molecule has 0 unspecified atom stereocenters. The molecule has 1 aromatic heterocycles. The predicted molar refractivity (Wildman–Crippen MR) is 96.1 cm³/mol. The molecule has 0 atom stereocenters. The van der Waals surface area contributed by atoms with E-state index in [1.165, 1.54) is 6.20 Å². The fraction of sp³-hybridized carbons (Fsp3) is 0.0500. The number of carbonyl (C=O) groups is 2. The van der Waals surface area contributed by atoms with Crippen LogP contribution in [0.3, 0.4) is 0 Å². The van der Waals surface area contributed by atoms with Crippen LogP contribution in [0.15, 0.2) is 60.9 Å². The van der Waals surface area contributed by atoms with Gasteiger partial charge in [-0.1, -0.05) is 12.1 Å². The van der Waals surface area contributed by atoms with Crippen molar-refractivity contribution >= 4 is 17.5 Å². The highest BCUT2D eigenvalue weighted by atomic mass is 19.2. The molecule has 28 heavy (non-hydrogen) atoms. The lowest BCUT2D eigenvalue weighted by Crippen LogP contribution is -2.23. The number of hydrogen-bond donors (Lipinski definition) is 2. The molecule has 0 aliphatic rings. The minimum absolute atomic E-state index is 0.178. The van der Waals surface area contributed by atoms with Gasteiger partial charge in [0.25, 0.3) is 11.8 Å². The van der Waals surface area contributed by atoms with E-state index in [4.69, 9.17) is 0 Å². The normalized spacial score (nSPS) is 10.4. The Hall–Kier alpha value is -3.68. The van der Waals surface area contributed by atoms with Crippen molar-refractivity contribution in [2.45, 2.75) is 6.54 Å². The van der Waals surface area contributed by atoms with E-state index < -0.39 is 28.9 Å². The first-order valence-corrected chi connectivity index (χ1v) is 8.17. The van der Waals surface area contributed by atoms with Gasteiger partial charge in [0.15, 0.2) is 17.5 Å². The smallest absolute Gasteiger partial charge is 0.258 e. The number of aromatic nitrogens is 1. The molecule has 0 saturated heterocycles. The molecule has 142 valence electrons. The summed E-state index contributed by atoms with van der Waals surface area (Å²) >= 11 is 0. The number of carbonyl (C=O) groups excluding carboxylic acids is 2. The number of rotatable bonds is 5. The van der Waals surface area contributed by atoms with Crippen LogP contribution in [0.2, 0.25) is 0 Å². The molecule has 0 fully saturated rings. The van der Waals surface area contributed by atoms with Gasteiger partial charge >= 0.3 is 0 Å². The summed E-state index contributed by atoms with van der Waals surface area (Å²) in [4.78, 5) is 28.0. The summed E-state index contributed by atoms with van der Waals surface area (Å²) in [6, 6.07) is 11.3. The second-order valence-corrected chi connectivity index (χ2v) is 5.80. The number of benzene rings is 2. The van der Waals surface area contributed by atoms with Crippen molar-refractivity contribution < 1.29 is 22.8 Å². The van der Waals surface area contributed by atoms with E-state index in [1.807, 2.05) is 0 Å². The molecule has 0 aliphatic heterocycles. The van der Waals surface area contributed by atoms with E-state index in [0.29, 0.717) is 22.9 Å². The Bertz CT molecular complexity index is 1030. The van der Waals surface area contributed by atoms with Crippen LogP contribution in [-0.2, 0) is 6.54 Å². The topological polar surface area (TPSA) is 71.1 Å². The van der Waals surface area contributed by atoms with Crippen LogP contribution in [0.1, 0.15) is 26.3 Å². The summed E-state index contributed by atoms with van der Waals surface area (Å²) < 4.78 is 40.0. The van der Waals surface area contributed by atoms with Gasteiger partial charge in [-0.05, 0) is 42.0 Å². The molecule has 8 heteroatoms. The van der Waals surface area contributed by atoms with Crippen molar-refractivity contribution in [2.75, 3.05) is 5.32 Å². The highest BCUT2D eigenvalue weighted by Gasteiger charge is 2.19. The number of anilines is 1. The van der Waals surface area contributed by atoms with Gasteiger partial charge in [0.1, 0.15) is 0 Å². The van der Waals surface area contributed by atoms with Gasteiger partial charge in [-0.2, -0.15) is 0 Å². The molecular formula is C20H14F3N3O2. The number of amides is 2. The molecule has 2 aromatic carbocycles. The first kappa shape index (κ1) is 19.1. The second-order valence-electron chi connectivity index (χ2n) is 5.80. The lowest BCUT2D eigenvalue weighted by Gasteiger charge is -2.09. The third kappa shape index (κ3) is 4.35. The standard InChI is InChI=1S/C20H14F3N3O2/c21-16-7-6-15(17(22)18(16)23)20(28)26-14-5-1-3-12(9-14)10-25-19(27)13-4-2-8-24-11-13/h1-9,11H,10H2,(H,25,27)(H,26,28). The van der Waals surface area contributed by atoms with Crippen molar-refractivity contribution in [1.29, 1.82) is 0 Å². The lowest BCUT2D eigenvalue weighted by atomic mass is 10.1. The first-order chi connectivity index (χ1) is 13.5. The molecule has 0 bridgehead atoms. The van der Waals surface area contributed by atoms with E-state index in [-0.39, 0.29) is 12.5 Å². The van der Waals surface area contributed by atoms with Crippen molar-refractivity contribution in [3.8, 4) is 0 Å². The Balaban J connectivity index is 1.67. The largest absolute Gasteiger partial charge is 0.348 e. The molecule has 0 saturated carbocycles. The van der Waals surface area contributed by atoms with E-state index >= 15 is 0 Å². The van der Waals surface area contributed by atoms with Gasteiger partial charge in [0.2, 0.25) is 0 Å². The zero-order valence-corrected chi connectivity index (χ0v) is 14.4. The second kappa shape index (κ2) is 8.34. The SMILES string of the molecule is O=C(NCc1cccc(NC(=O)c2ccc(F)c(F)c2F)c1)c1cccnc1. The van der Waals surface area contributed by atoms with Gasteiger partial charge in [-0.15, -0.1) is 0 Å². The van der Waals surface area contributed by atoms with Crippen LogP contribution in [0.5, 0.6) is 0 Å². The third-order valence-electron chi connectivity index (χ3n) is 3.84. The van der Waals surface area contributed by atoms with Crippen LogP contribution in [0.4, 0.5) is 18.9 Å². The highest BCUT2D eigenvalue weighted by Crippen LogP contribution is 2.18. The van der Waals surface area contributed by atoms with Crippen LogP contribution in [0.25, 0.3) is 0 Å². The Morgan fingerprint density at radius 3 is 2.50 bits per heavy atom. The molecule has 1 heterocycles. The summed E-state index contributed by atoms with van der Waals surface area (Å²) in [6.45, 7) is 0.178. The quantitative estimate of drug-likeness (QED) is 0.658. The molecule has 5 nitrogen and oxygen atoms in total. The van der Waals surface area contributed by atoms with Crippen LogP contribution in [0, 0.1) is 17.5 Å². The fourth-order valence-corrected chi connectivity index (χ4v) is 2.44. The Morgan fingerprint density at radius 2 is 1.75 bits per heavy atom. The van der Waals surface area contributed by atoms with E-state index in [2.05, 4.69) is 15.6 Å². The number of nitrogens with one attached hydrogen (secondary N) is 2. The maximum Gasteiger partial charge on any atom is 0.258 e. The van der Waals surface area contributed by atoms with E-state index in [9.17, 15) is 22.8 Å². The summed E-state index contributed by atoms with van der Waals surface area (Å²) in [5.74, 6) is -5.88. The van der Waals surface area contributed by atoms with E-state index in [1.54, 1.807) is 42.6 Å². The van der Waals surface area contributed by atoms with Crippen molar-refractivity contribution in [1.82, 2.24) is 10.3 Å². The summed E-state index contributed by atoms with van der Waals surface area (Å²) in [6.07, 6.45) is 2.99. The van der Waals surface area contributed by atoms with Gasteiger partial charge in [-0.25, -0.2) is 13.2 Å². The zero-order chi connectivity index (χ0) is 20.1. The monoisotopic (exact) mass is 385 g/mol. The van der Waals surface area contributed by atoms with Crippen LogP contribution < -0.4 is 10.6 Å². The average Bonchev–Trinajstić information content (AvgIpc) is 2.71. The zero-order valence-electron chi connectivity index (χ0n) is 14.4. The summed E-state index contributed by atoms with van der Waals surface area (Å²) in [5.41, 5.74) is 0.762. The molecule has 0 spiro atoms. The highest BCUT2D eigenvalue weighted by molar-refractivity contribution is 6.04. The summed E-state index contributed by atoms with van der Waals surface area (Å²) in [5, 5.41) is 5.12. The molecule has 0 radical (unpaired) electrons. The Kier molecular flexibility index (Phi) is 5.69. The van der Waals surface area contributed by atoms with Gasteiger partial charge in [-0.3, -0.25) is 14.6 Å². The Labute approximate surface area is 158 Å². The first-order valence-electron chi connectivity index (χ1n) is 8.17. The third-order valence-corrected chi connectivity index (χ3v) is 3.84. The number of pyridine rings is 1. The van der Waals surface area contributed by atoms with Gasteiger partial charge in [0.05, 0.1) is 11.1 Å². The number of hydrogen-bond acceptors (Lipinski definition) is 3. The van der Waals surface area contributed by atoms with Crippen molar-refractivity contribution in [3.63, 3.8) is 0 Å². The molecule has 3 rings (SSSR count). The molecule has 2 N–H and O–H groups in total. The van der Waals surface area contributed by atoms with Crippen LogP contribution in [-0.4, -0.2) is 16.8 Å². The van der Waals surface area contributed by atoms with Crippen molar-refractivity contribution in [2.24, 2.45) is 0 Å². The fourth-order valence-electron chi connectivity index (χ4n) is 2.44. The van der Waals surface area contributed by atoms with E-state index in [0.717, 1.165) is 6.07 Å². The molecule has 3 aromatic rings. The maximum absolute atomic E-state index is 13.7. The van der Waals surface area contributed by atoms with Gasteiger partial charge < -0.3 is 10.6 Å². The Morgan fingerprint density at radius 1 is 0.929 bits per heavy atom. The predicted octanol–water partition coefficient (Wildman–Crippen LogP) is 3.68. The average molecular weight is 385 g/mol. The van der Waals surface area contributed by atoms with Crippen LogP contribution >= 0.6 is 0 Å². The molecule has 0 aliphatic carbocycles. The van der Waals surface area contributed by atoms with Gasteiger partial charge in [0, 0.05) is 24.6 Å². The maximum atomic E-state index is 13.7. The number of halogens is 3. The minimum Gasteiger partial charge on any atom is -0.348 e. The number of nitrogens with zero attached hydrogens (tertiary/aromatic N) is 1. The molecule has 2 amide bonds. The van der Waals surface area contributed by atoms with Crippen molar-refractivity contribution in [3.05, 3.63) is 95.1 Å². The summed E-state index contributed by atoms with van der Waals surface area (Å²) in [7, 11) is 0. The lowest BCUT2D eigenvalue weighted by molar-refractivity contribution is 0.0949. The molecular weight excluding hydrogens is 371 g/mol. The minimum atomic E-state index is -1.71.